The van der Waals surface area contributed by atoms with E-state index in [1.807, 2.05) is 24.3 Å². The smallest absolute Gasteiger partial charge is 0.410 e. The van der Waals surface area contributed by atoms with Crippen molar-refractivity contribution in [3.05, 3.63) is 34.3 Å². The van der Waals surface area contributed by atoms with Crippen molar-refractivity contribution >= 4 is 33.9 Å². The van der Waals surface area contributed by atoms with Crippen LogP contribution < -0.4 is 0 Å². The standard InChI is InChI=1S/C23H29BrF2N2O5/c1-22(2,3)33-21(31)27-12-15(9-14-5-7-16(24)8-6-14)10-17(27)19(29)28-13-23(25,26)11-18(28)20(30)32-4/h5-8,15,17-18H,9-13H2,1-4H3/t15-,17+,18-/m1/s1. The maximum atomic E-state index is 14.2. The first-order valence-electron chi connectivity index (χ1n) is 10.8. The topological polar surface area (TPSA) is 76.2 Å². The molecule has 7 nitrogen and oxygen atoms in total. The number of alkyl halides is 2. The van der Waals surface area contributed by atoms with Gasteiger partial charge in [-0.3, -0.25) is 9.69 Å². The molecule has 0 aromatic heterocycles. The SMILES string of the molecule is COC(=O)[C@H]1CC(F)(F)CN1C(=O)[C@@H]1C[C@@H](Cc2ccc(Br)cc2)CN1C(=O)OC(C)(C)C. The summed E-state index contributed by atoms with van der Waals surface area (Å²) in [4.78, 5) is 40.6. The summed E-state index contributed by atoms with van der Waals surface area (Å²) in [7, 11) is 1.10. The number of carbonyl (C=O) groups is 3. The number of likely N-dealkylation sites (tertiary alicyclic amines) is 2. The van der Waals surface area contributed by atoms with Gasteiger partial charge in [-0.05, 0) is 57.2 Å². The number of hydrogen-bond acceptors (Lipinski definition) is 5. The van der Waals surface area contributed by atoms with Crippen molar-refractivity contribution in [1.82, 2.24) is 9.80 Å². The molecule has 33 heavy (non-hydrogen) atoms. The van der Waals surface area contributed by atoms with E-state index in [1.165, 1.54) is 4.90 Å². The van der Waals surface area contributed by atoms with Crippen LogP contribution in [-0.4, -0.2) is 71.6 Å². The summed E-state index contributed by atoms with van der Waals surface area (Å²) >= 11 is 3.39. The van der Waals surface area contributed by atoms with Gasteiger partial charge in [-0.15, -0.1) is 0 Å². The second-order valence-corrected chi connectivity index (χ2v) is 10.6. The molecule has 2 saturated heterocycles. The van der Waals surface area contributed by atoms with E-state index < -0.39 is 54.5 Å². The highest BCUT2D eigenvalue weighted by molar-refractivity contribution is 9.10. The zero-order valence-electron chi connectivity index (χ0n) is 19.1. The van der Waals surface area contributed by atoms with E-state index in [4.69, 9.17) is 4.74 Å². The number of halogens is 3. The molecule has 0 saturated carbocycles. The average molecular weight is 531 g/mol. The maximum absolute atomic E-state index is 14.2. The first-order chi connectivity index (χ1) is 15.3. The molecule has 2 aliphatic rings. The number of nitrogens with zero attached hydrogens (tertiary/aromatic N) is 2. The van der Waals surface area contributed by atoms with Crippen molar-refractivity contribution in [3.8, 4) is 0 Å². The van der Waals surface area contributed by atoms with Crippen LogP contribution in [-0.2, 0) is 25.5 Å². The van der Waals surface area contributed by atoms with Crippen molar-refractivity contribution in [2.24, 2.45) is 5.92 Å². The van der Waals surface area contributed by atoms with E-state index in [9.17, 15) is 23.2 Å². The summed E-state index contributed by atoms with van der Waals surface area (Å²) in [5.74, 6) is -4.87. The highest BCUT2D eigenvalue weighted by atomic mass is 79.9. The maximum Gasteiger partial charge on any atom is 0.410 e. The van der Waals surface area contributed by atoms with Crippen LogP contribution in [0.3, 0.4) is 0 Å². The molecule has 3 rings (SSSR count). The molecule has 0 aliphatic carbocycles. The molecule has 1 aromatic rings. The van der Waals surface area contributed by atoms with Crippen molar-refractivity contribution < 1.29 is 32.6 Å². The molecule has 2 fully saturated rings. The second kappa shape index (κ2) is 9.56. The minimum absolute atomic E-state index is 0.0765. The lowest BCUT2D eigenvalue weighted by molar-refractivity contribution is -0.152. The number of amides is 2. The Bertz CT molecular complexity index is 903. The van der Waals surface area contributed by atoms with E-state index >= 15 is 0 Å². The quantitative estimate of drug-likeness (QED) is 0.549. The molecule has 1 aromatic carbocycles. The number of ether oxygens (including phenoxy) is 2. The molecule has 10 heteroatoms. The van der Waals surface area contributed by atoms with Crippen LogP contribution in [0, 0.1) is 5.92 Å². The lowest BCUT2D eigenvalue weighted by Gasteiger charge is -2.31. The van der Waals surface area contributed by atoms with Crippen molar-refractivity contribution in [3.63, 3.8) is 0 Å². The Hall–Kier alpha value is -2.23. The van der Waals surface area contributed by atoms with E-state index in [2.05, 4.69) is 20.7 Å². The van der Waals surface area contributed by atoms with Gasteiger partial charge in [0.2, 0.25) is 5.91 Å². The Morgan fingerprint density at radius 2 is 1.76 bits per heavy atom. The number of hydrogen-bond donors (Lipinski definition) is 0. The van der Waals surface area contributed by atoms with E-state index in [0.29, 0.717) is 6.42 Å². The lowest BCUT2D eigenvalue weighted by Crippen LogP contribution is -2.52. The molecule has 0 radical (unpaired) electrons. The van der Waals surface area contributed by atoms with Crippen LogP contribution in [0.4, 0.5) is 13.6 Å². The molecule has 0 unspecified atom stereocenters. The van der Waals surface area contributed by atoms with Gasteiger partial charge in [-0.1, -0.05) is 28.1 Å². The highest BCUT2D eigenvalue weighted by Crippen LogP contribution is 2.36. The number of esters is 1. The van der Waals surface area contributed by atoms with Crippen LogP contribution in [0.5, 0.6) is 0 Å². The number of rotatable bonds is 4. The normalized spacial score (nSPS) is 24.6. The first kappa shape index (κ1) is 25.4. The third-order valence-corrected chi connectivity index (χ3v) is 6.29. The predicted molar refractivity (Wildman–Crippen MR) is 120 cm³/mol. The lowest BCUT2D eigenvalue weighted by atomic mass is 9.96. The number of methoxy groups -OCH3 is 1. The minimum atomic E-state index is -3.21. The van der Waals surface area contributed by atoms with E-state index in [0.717, 1.165) is 22.0 Å². The van der Waals surface area contributed by atoms with Gasteiger partial charge in [-0.25, -0.2) is 18.4 Å². The monoisotopic (exact) mass is 530 g/mol. The van der Waals surface area contributed by atoms with Gasteiger partial charge in [0, 0.05) is 17.4 Å². The van der Waals surface area contributed by atoms with Crippen LogP contribution in [0.1, 0.15) is 39.2 Å². The molecule has 2 amide bonds. The van der Waals surface area contributed by atoms with Crippen molar-refractivity contribution in [1.29, 1.82) is 0 Å². The summed E-state index contributed by atoms with van der Waals surface area (Å²) in [6.07, 6.45) is -0.594. The van der Waals surface area contributed by atoms with Gasteiger partial charge in [0.15, 0.2) is 0 Å². The van der Waals surface area contributed by atoms with E-state index in [1.54, 1.807) is 20.8 Å². The molecule has 182 valence electrons. The van der Waals surface area contributed by atoms with Crippen LogP contribution in [0.2, 0.25) is 0 Å². The van der Waals surface area contributed by atoms with Gasteiger partial charge < -0.3 is 14.4 Å². The van der Waals surface area contributed by atoms with Crippen molar-refractivity contribution in [2.45, 2.75) is 63.6 Å². The Labute approximate surface area is 200 Å². The molecule has 0 spiro atoms. The summed E-state index contributed by atoms with van der Waals surface area (Å²) < 4.78 is 39.4. The van der Waals surface area contributed by atoms with Crippen molar-refractivity contribution in [2.75, 3.05) is 20.2 Å². The fourth-order valence-electron chi connectivity index (χ4n) is 4.37. The van der Waals surface area contributed by atoms with Crippen LogP contribution in [0.15, 0.2) is 28.7 Å². The van der Waals surface area contributed by atoms with Crippen LogP contribution in [0.25, 0.3) is 0 Å². The van der Waals surface area contributed by atoms with Crippen LogP contribution >= 0.6 is 15.9 Å². The number of benzene rings is 1. The Morgan fingerprint density at radius 3 is 2.33 bits per heavy atom. The zero-order valence-corrected chi connectivity index (χ0v) is 20.7. The molecule has 2 aliphatic heterocycles. The predicted octanol–water partition coefficient (Wildman–Crippen LogP) is 4.03. The number of carbonyl (C=O) groups excluding carboxylic acids is 3. The molecular weight excluding hydrogens is 502 g/mol. The second-order valence-electron chi connectivity index (χ2n) is 9.65. The van der Waals surface area contributed by atoms with Gasteiger partial charge in [0.1, 0.15) is 17.7 Å². The summed E-state index contributed by atoms with van der Waals surface area (Å²) in [5.41, 5.74) is 0.240. The summed E-state index contributed by atoms with van der Waals surface area (Å²) in [5, 5.41) is 0. The average Bonchev–Trinajstić information content (AvgIpc) is 3.28. The third kappa shape index (κ3) is 6.22. The molecular formula is C23H29BrF2N2O5. The Kier molecular flexibility index (Phi) is 7.36. The fraction of sp³-hybridized carbons (Fsp3) is 0.609. The molecule has 3 atom stereocenters. The van der Waals surface area contributed by atoms with E-state index in [-0.39, 0.29) is 18.9 Å². The van der Waals surface area contributed by atoms with Gasteiger partial charge >= 0.3 is 12.1 Å². The first-order valence-corrected chi connectivity index (χ1v) is 11.6. The minimum Gasteiger partial charge on any atom is -0.467 e. The molecule has 0 bridgehead atoms. The van der Waals surface area contributed by atoms with Gasteiger partial charge in [0.05, 0.1) is 13.7 Å². The zero-order chi connectivity index (χ0) is 24.6. The molecule has 2 heterocycles. The Balaban J connectivity index is 1.84. The highest BCUT2D eigenvalue weighted by Gasteiger charge is 2.53. The Morgan fingerprint density at radius 1 is 1.12 bits per heavy atom. The summed E-state index contributed by atoms with van der Waals surface area (Å²) in [6, 6.07) is 5.33. The molecule has 0 N–H and O–H groups in total. The third-order valence-electron chi connectivity index (χ3n) is 5.76. The van der Waals surface area contributed by atoms with Gasteiger partial charge in [0.25, 0.3) is 5.92 Å². The fourth-order valence-corrected chi connectivity index (χ4v) is 4.63. The largest absolute Gasteiger partial charge is 0.467 e. The van der Waals surface area contributed by atoms with Gasteiger partial charge in [-0.2, -0.15) is 0 Å². The summed E-state index contributed by atoms with van der Waals surface area (Å²) in [6.45, 7) is 4.50.